The molecule has 27 heavy (non-hydrogen) atoms. The molecule has 0 fully saturated rings. The topological polar surface area (TPSA) is 67.4 Å². The first-order chi connectivity index (χ1) is 12.8. The molecule has 1 aliphatic rings. The number of benzene rings is 1. The second-order valence-electron chi connectivity index (χ2n) is 6.58. The third-order valence-corrected chi connectivity index (χ3v) is 6.07. The molecule has 2 N–H and O–H groups in total. The number of aryl methyl sites for hydroxylation is 1. The third kappa shape index (κ3) is 4.75. The number of carbonyl (C=O) groups excluding carboxylic acids is 2. The SMILES string of the molecule is CC(C)OC(=O)c1c(NC(=O)Nc2ccc(Cl)c(Cl)c2)sc2c1CCCC2. The van der Waals surface area contributed by atoms with Crippen LogP contribution in [0.5, 0.6) is 0 Å². The monoisotopic (exact) mass is 426 g/mol. The number of nitrogens with one attached hydrogen (secondary N) is 2. The molecule has 0 spiro atoms. The molecule has 3 rings (SSSR count). The molecule has 1 heterocycles. The highest BCUT2D eigenvalue weighted by atomic mass is 35.5. The molecule has 0 bridgehead atoms. The number of carbonyl (C=O) groups is 2. The number of fused-ring (bicyclic) bond motifs is 1. The highest BCUT2D eigenvalue weighted by molar-refractivity contribution is 7.17. The highest BCUT2D eigenvalue weighted by Gasteiger charge is 2.27. The van der Waals surface area contributed by atoms with E-state index < -0.39 is 12.0 Å². The standard InChI is InChI=1S/C19H20Cl2N2O3S/c1-10(2)26-18(24)16-12-5-3-4-6-15(12)27-17(16)23-19(25)22-11-7-8-13(20)14(21)9-11/h7-10H,3-6H2,1-2H3,(H2,22,23,25). The molecule has 1 aromatic heterocycles. The molecule has 0 radical (unpaired) electrons. The summed E-state index contributed by atoms with van der Waals surface area (Å²) in [6, 6.07) is 4.37. The molecular weight excluding hydrogens is 407 g/mol. The van der Waals surface area contributed by atoms with Gasteiger partial charge in [-0.1, -0.05) is 23.2 Å². The van der Waals surface area contributed by atoms with E-state index in [-0.39, 0.29) is 6.10 Å². The predicted molar refractivity (Wildman–Crippen MR) is 111 cm³/mol. The zero-order chi connectivity index (χ0) is 19.6. The summed E-state index contributed by atoms with van der Waals surface area (Å²) >= 11 is 13.3. The molecule has 8 heteroatoms. The summed E-state index contributed by atoms with van der Waals surface area (Å²) in [5.41, 5.74) is 1.99. The number of urea groups is 1. The Kier molecular flexibility index (Phi) is 6.29. The molecule has 0 unspecified atom stereocenters. The van der Waals surface area contributed by atoms with E-state index in [1.54, 1.807) is 32.0 Å². The number of ether oxygens (including phenoxy) is 1. The summed E-state index contributed by atoms with van der Waals surface area (Å²) in [6.07, 6.45) is 3.62. The van der Waals surface area contributed by atoms with E-state index in [0.717, 1.165) is 36.1 Å². The first-order valence-corrected chi connectivity index (χ1v) is 10.3. The van der Waals surface area contributed by atoms with Gasteiger partial charge in [-0.3, -0.25) is 5.32 Å². The Balaban J connectivity index is 1.82. The first kappa shape index (κ1) is 20.0. The van der Waals surface area contributed by atoms with E-state index in [1.165, 1.54) is 11.3 Å². The van der Waals surface area contributed by atoms with Gasteiger partial charge in [0.2, 0.25) is 0 Å². The molecule has 0 saturated carbocycles. The number of hydrogen-bond donors (Lipinski definition) is 2. The molecule has 5 nitrogen and oxygen atoms in total. The van der Waals surface area contributed by atoms with Crippen molar-refractivity contribution in [2.45, 2.75) is 45.6 Å². The van der Waals surface area contributed by atoms with Crippen LogP contribution in [-0.4, -0.2) is 18.1 Å². The van der Waals surface area contributed by atoms with Crippen LogP contribution in [0.2, 0.25) is 10.0 Å². The summed E-state index contributed by atoms with van der Waals surface area (Å²) in [6.45, 7) is 3.61. The van der Waals surface area contributed by atoms with E-state index in [1.807, 2.05) is 0 Å². The lowest BCUT2D eigenvalue weighted by atomic mass is 9.95. The summed E-state index contributed by atoms with van der Waals surface area (Å²) in [4.78, 5) is 26.2. The predicted octanol–water partition coefficient (Wildman–Crippen LogP) is 6.14. The average Bonchev–Trinajstić information content (AvgIpc) is 2.95. The Morgan fingerprint density at radius 1 is 1.11 bits per heavy atom. The number of thiophene rings is 1. The minimum Gasteiger partial charge on any atom is -0.459 e. The van der Waals surface area contributed by atoms with E-state index >= 15 is 0 Å². The summed E-state index contributed by atoms with van der Waals surface area (Å²) in [5, 5.41) is 6.78. The lowest BCUT2D eigenvalue weighted by Crippen LogP contribution is -2.21. The van der Waals surface area contributed by atoms with Crippen LogP contribution < -0.4 is 10.6 Å². The van der Waals surface area contributed by atoms with Gasteiger partial charge in [-0.2, -0.15) is 0 Å². The second kappa shape index (κ2) is 8.50. The molecule has 0 saturated heterocycles. The van der Waals surface area contributed by atoms with E-state index in [2.05, 4.69) is 10.6 Å². The van der Waals surface area contributed by atoms with Crippen molar-refractivity contribution in [3.63, 3.8) is 0 Å². The molecule has 1 aromatic carbocycles. The third-order valence-electron chi connectivity index (χ3n) is 4.12. The van der Waals surface area contributed by atoms with Crippen LogP contribution in [-0.2, 0) is 17.6 Å². The van der Waals surface area contributed by atoms with Gasteiger partial charge in [-0.15, -0.1) is 11.3 Å². The second-order valence-corrected chi connectivity index (χ2v) is 8.50. The fraction of sp³-hybridized carbons (Fsp3) is 0.368. The number of anilines is 2. The maximum atomic E-state index is 12.6. The fourth-order valence-electron chi connectivity index (χ4n) is 2.98. The number of halogens is 2. The Hall–Kier alpha value is -1.76. The van der Waals surface area contributed by atoms with Crippen molar-refractivity contribution in [3.8, 4) is 0 Å². The van der Waals surface area contributed by atoms with Crippen LogP contribution in [0.1, 0.15) is 47.5 Å². The van der Waals surface area contributed by atoms with Crippen molar-refractivity contribution in [2.75, 3.05) is 10.6 Å². The average molecular weight is 427 g/mol. The van der Waals surface area contributed by atoms with Crippen molar-refractivity contribution in [1.29, 1.82) is 0 Å². The Bertz CT molecular complexity index is 880. The van der Waals surface area contributed by atoms with E-state index in [9.17, 15) is 9.59 Å². The molecule has 2 amide bonds. The van der Waals surface area contributed by atoms with Crippen molar-refractivity contribution < 1.29 is 14.3 Å². The van der Waals surface area contributed by atoms with Crippen molar-refractivity contribution in [3.05, 3.63) is 44.2 Å². The van der Waals surface area contributed by atoms with E-state index in [4.69, 9.17) is 27.9 Å². The lowest BCUT2D eigenvalue weighted by Gasteiger charge is -2.14. The molecule has 144 valence electrons. The Labute approximate surface area is 172 Å². The quantitative estimate of drug-likeness (QED) is 0.576. The van der Waals surface area contributed by atoms with Gasteiger partial charge in [-0.05, 0) is 63.3 Å². The van der Waals surface area contributed by atoms with E-state index in [0.29, 0.717) is 26.3 Å². The van der Waals surface area contributed by atoms with Crippen molar-refractivity contribution in [1.82, 2.24) is 0 Å². The van der Waals surface area contributed by atoms with Gasteiger partial charge in [0.1, 0.15) is 5.00 Å². The lowest BCUT2D eigenvalue weighted by molar-refractivity contribution is 0.0378. The maximum absolute atomic E-state index is 12.6. The van der Waals surface area contributed by atoms with Crippen molar-refractivity contribution in [2.24, 2.45) is 0 Å². The Morgan fingerprint density at radius 2 is 1.85 bits per heavy atom. The highest BCUT2D eigenvalue weighted by Crippen LogP contribution is 2.39. The first-order valence-electron chi connectivity index (χ1n) is 8.73. The Morgan fingerprint density at radius 3 is 2.56 bits per heavy atom. The van der Waals surface area contributed by atoms with Gasteiger partial charge in [-0.25, -0.2) is 9.59 Å². The maximum Gasteiger partial charge on any atom is 0.341 e. The molecule has 2 aromatic rings. The number of esters is 1. The largest absolute Gasteiger partial charge is 0.459 e. The van der Waals surface area contributed by atoms with Crippen LogP contribution in [0, 0.1) is 0 Å². The molecule has 1 aliphatic carbocycles. The molecule has 0 atom stereocenters. The fourth-order valence-corrected chi connectivity index (χ4v) is 4.55. The van der Waals surface area contributed by atoms with Crippen LogP contribution >= 0.6 is 34.5 Å². The molecular formula is C19H20Cl2N2O3S. The number of rotatable bonds is 4. The normalized spacial score (nSPS) is 13.2. The van der Waals surface area contributed by atoms with Crippen LogP contribution in [0.25, 0.3) is 0 Å². The van der Waals surface area contributed by atoms with Gasteiger partial charge in [0.15, 0.2) is 0 Å². The minimum atomic E-state index is -0.453. The minimum absolute atomic E-state index is 0.227. The smallest absolute Gasteiger partial charge is 0.341 e. The van der Waals surface area contributed by atoms with Gasteiger partial charge < -0.3 is 10.1 Å². The van der Waals surface area contributed by atoms with Gasteiger partial charge in [0.05, 0.1) is 21.7 Å². The summed E-state index contributed by atoms with van der Waals surface area (Å²) in [5.74, 6) is -0.394. The number of hydrogen-bond acceptors (Lipinski definition) is 4. The van der Waals surface area contributed by atoms with Crippen LogP contribution in [0.4, 0.5) is 15.5 Å². The zero-order valence-corrected chi connectivity index (χ0v) is 17.4. The van der Waals surface area contributed by atoms with Gasteiger partial charge >= 0.3 is 12.0 Å². The van der Waals surface area contributed by atoms with Crippen molar-refractivity contribution >= 4 is 57.2 Å². The van der Waals surface area contributed by atoms with Crippen LogP contribution in [0.15, 0.2) is 18.2 Å². The summed E-state index contributed by atoms with van der Waals surface area (Å²) < 4.78 is 5.39. The molecule has 0 aliphatic heterocycles. The van der Waals surface area contributed by atoms with Crippen LogP contribution in [0.3, 0.4) is 0 Å². The summed E-state index contributed by atoms with van der Waals surface area (Å²) in [7, 11) is 0. The number of amides is 2. The van der Waals surface area contributed by atoms with Gasteiger partial charge in [0.25, 0.3) is 0 Å². The van der Waals surface area contributed by atoms with Gasteiger partial charge in [0, 0.05) is 10.6 Å². The zero-order valence-electron chi connectivity index (χ0n) is 15.0.